The number of hydrogen-bond donors (Lipinski definition) is 1. The maximum absolute atomic E-state index is 12.7. The second-order valence-electron chi connectivity index (χ2n) is 6.69. The van der Waals surface area contributed by atoms with Gasteiger partial charge in [0, 0.05) is 18.2 Å². The fraction of sp³-hybridized carbons (Fsp3) is 0.529. The van der Waals surface area contributed by atoms with E-state index in [4.69, 9.17) is 5.11 Å². The van der Waals surface area contributed by atoms with Gasteiger partial charge in [0.05, 0.1) is 6.42 Å². The van der Waals surface area contributed by atoms with Gasteiger partial charge in [0.1, 0.15) is 0 Å². The lowest BCUT2D eigenvalue weighted by Gasteiger charge is -2.37. The van der Waals surface area contributed by atoms with Gasteiger partial charge in [-0.25, -0.2) is 0 Å². The first-order chi connectivity index (χ1) is 9.80. The Morgan fingerprint density at radius 3 is 2.62 bits per heavy atom. The zero-order valence-electron chi connectivity index (χ0n) is 12.9. The van der Waals surface area contributed by atoms with Crippen molar-refractivity contribution in [3.8, 4) is 0 Å². The van der Waals surface area contributed by atoms with E-state index in [1.54, 1.807) is 0 Å². The first-order valence-electron chi connectivity index (χ1n) is 7.42. The maximum atomic E-state index is 12.7. The molecular weight excluding hydrogens is 266 g/mol. The highest BCUT2D eigenvalue weighted by Gasteiger charge is 2.32. The molecule has 0 aliphatic carbocycles. The van der Waals surface area contributed by atoms with Crippen LogP contribution in [-0.4, -0.2) is 23.0 Å². The highest BCUT2D eigenvalue weighted by atomic mass is 16.4. The molecule has 1 heterocycles. The van der Waals surface area contributed by atoms with Crippen molar-refractivity contribution in [2.24, 2.45) is 5.41 Å². The van der Waals surface area contributed by atoms with E-state index in [-0.39, 0.29) is 24.8 Å². The number of carboxylic acids is 1. The number of fused-ring (bicyclic) bond motifs is 1. The van der Waals surface area contributed by atoms with Crippen LogP contribution in [-0.2, 0) is 16.0 Å². The minimum Gasteiger partial charge on any atom is -0.481 e. The molecule has 1 atom stereocenters. The highest BCUT2D eigenvalue weighted by molar-refractivity contribution is 5.95. The van der Waals surface area contributed by atoms with Crippen molar-refractivity contribution in [3.05, 3.63) is 29.8 Å². The van der Waals surface area contributed by atoms with E-state index in [9.17, 15) is 9.59 Å². The van der Waals surface area contributed by atoms with Gasteiger partial charge in [-0.2, -0.15) is 0 Å². The smallest absolute Gasteiger partial charge is 0.303 e. The molecule has 1 aromatic rings. The van der Waals surface area contributed by atoms with Gasteiger partial charge in [0.2, 0.25) is 5.91 Å². The van der Waals surface area contributed by atoms with Crippen molar-refractivity contribution in [2.75, 3.05) is 4.90 Å². The van der Waals surface area contributed by atoms with Gasteiger partial charge in [-0.3, -0.25) is 9.59 Å². The second kappa shape index (κ2) is 5.88. The molecule has 21 heavy (non-hydrogen) atoms. The summed E-state index contributed by atoms with van der Waals surface area (Å²) in [6.45, 7) is 5.72. The van der Waals surface area contributed by atoms with Crippen LogP contribution >= 0.6 is 0 Å². The molecule has 0 saturated heterocycles. The van der Waals surface area contributed by atoms with Crippen LogP contribution in [0.5, 0.6) is 0 Å². The van der Waals surface area contributed by atoms with Crippen LogP contribution in [0.2, 0.25) is 0 Å². The van der Waals surface area contributed by atoms with E-state index in [2.05, 4.69) is 13.0 Å². The molecule has 1 aliphatic heterocycles. The molecule has 0 radical (unpaired) electrons. The second-order valence-corrected chi connectivity index (χ2v) is 6.69. The molecule has 0 fully saturated rings. The standard InChI is InChI=1S/C17H23NO3/c1-12-8-9-13-6-4-5-7-14(13)18(12)15(19)10-17(2,3)11-16(20)21/h4-7,12H,8-11H2,1-3H3,(H,20,21). The molecule has 1 aromatic carbocycles. The van der Waals surface area contributed by atoms with Gasteiger partial charge >= 0.3 is 5.97 Å². The van der Waals surface area contributed by atoms with Crippen molar-refractivity contribution >= 4 is 17.6 Å². The Morgan fingerprint density at radius 2 is 1.95 bits per heavy atom. The number of aliphatic carboxylic acids is 1. The van der Waals surface area contributed by atoms with Gasteiger partial charge in [-0.05, 0) is 36.8 Å². The van der Waals surface area contributed by atoms with Gasteiger partial charge in [-0.1, -0.05) is 32.0 Å². The summed E-state index contributed by atoms with van der Waals surface area (Å²) in [4.78, 5) is 25.5. The zero-order chi connectivity index (χ0) is 15.6. The third kappa shape index (κ3) is 3.63. The first-order valence-corrected chi connectivity index (χ1v) is 7.42. The van der Waals surface area contributed by atoms with Crippen molar-refractivity contribution in [1.82, 2.24) is 0 Å². The number of amides is 1. The molecule has 0 saturated carbocycles. The molecule has 1 N–H and O–H groups in total. The van der Waals surface area contributed by atoms with Crippen LogP contribution in [0.1, 0.15) is 45.6 Å². The summed E-state index contributed by atoms with van der Waals surface area (Å²) in [6, 6.07) is 8.13. The van der Waals surface area contributed by atoms with Gasteiger partial charge in [0.15, 0.2) is 0 Å². The van der Waals surface area contributed by atoms with E-state index in [1.807, 2.05) is 36.9 Å². The van der Waals surface area contributed by atoms with Crippen molar-refractivity contribution in [1.29, 1.82) is 0 Å². The quantitative estimate of drug-likeness (QED) is 0.925. The molecule has 1 amide bonds. The maximum Gasteiger partial charge on any atom is 0.303 e. The molecule has 114 valence electrons. The Kier molecular flexibility index (Phi) is 4.35. The molecule has 1 unspecified atom stereocenters. The van der Waals surface area contributed by atoms with Gasteiger partial charge in [-0.15, -0.1) is 0 Å². The monoisotopic (exact) mass is 289 g/mol. The number of rotatable bonds is 4. The SMILES string of the molecule is CC1CCc2ccccc2N1C(=O)CC(C)(C)CC(=O)O. The number of carbonyl (C=O) groups excluding carboxylic acids is 1. The van der Waals surface area contributed by atoms with Crippen LogP contribution in [0.4, 0.5) is 5.69 Å². The number of para-hydroxylation sites is 1. The van der Waals surface area contributed by atoms with Crippen molar-refractivity contribution in [2.45, 2.75) is 52.5 Å². The third-order valence-corrected chi connectivity index (χ3v) is 4.05. The van der Waals surface area contributed by atoms with Crippen LogP contribution in [0.25, 0.3) is 0 Å². The average molecular weight is 289 g/mol. The predicted octanol–water partition coefficient (Wildman–Crippen LogP) is 3.25. The van der Waals surface area contributed by atoms with Crippen molar-refractivity contribution in [3.63, 3.8) is 0 Å². The lowest BCUT2D eigenvalue weighted by molar-refractivity contribution is -0.139. The largest absolute Gasteiger partial charge is 0.481 e. The van der Waals surface area contributed by atoms with Crippen molar-refractivity contribution < 1.29 is 14.7 Å². The summed E-state index contributed by atoms with van der Waals surface area (Å²) < 4.78 is 0. The van der Waals surface area contributed by atoms with Crippen LogP contribution in [0.15, 0.2) is 24.3 Å². The molecule has 4 nitrogen and oxygen atoms in total. The Bertz CT molecular complexity index is 551. The zero-order valence-corrected chi connectivity index (χ0v) is 12.9. The van der Waals surface area contributed by atoms with E-state index in [0.29, 0.717) is 0 Å². The number of anilines is 1. The Balaban J connectivity index is 2.21. The van der Waals surface area contributed by atoms with Crippen LogP contribution in [0.3, 0.4) is 0 Å². The van der Waals surface area contributed by atoms with Gasteiger partial charge in [0.25, 0.3) is 0 Å². The minimum absolute atomic E-state index is 0.00259. The number of hydrogen-bond acceptors (Lipinski definition) is 2. The van der Waals surface area contributed by atoms with Crippen LogP contribution < -0.4 is 4.90 Å². The summed E-state index contributed by atoms with van der Waals surface area (Å²) in [5.74, 6) is -0.846. The lowest BCUT2D eigenvalue weighted by atomic mass is 9.84. The summed E-state index contributed by atoms with van der Waals surface area (Å²) in [5, 5.41) is 8.96. The normalized spacial score (nSPS) is 18.2. The molecule has 0 bridgehead atoms. The van der Waals surface area contributed by atoms with E-state index >= 15 is 0 Å². The van der Waals surface area contributed by atoms with E-state index in [1.165, 1.54) is 5.56 Å². The minimum atomic E-state index is -0.861. The number of aryl methyl sites for hydroxylation is 1. The molecule has 4 heteroatoms. The summed E-state index contributed by atoms with van der Waals surface area (Å²) >= 11 is 0. The molecule has 0 aromatic heterocycles. The molecular formula is C17H23NO3. The summed E-state index contributed by atoms with van der Waals surface area (Å²) in [5.41, 5.74) is 1.64. The number of carboxylic acid groups (broad SMARTS) is 1. The lowest BCUT2D eigenvalue weighted by Crippen LogP contribution is -2.43. The van der Waals surface area contributed by atoms with E-state index < -0.39 is 11.4 Å². The number of carbonyl (C=O) groups is 2. The molecule has 2 rings (SSSR count). The number of benzene rings is 1. The Morgan fingerprint density at radius 1 is 1.29 bits per heavy atom. The average Bonchev–Trinajstić information content (AvgIpc) is 2.35. The summed E-state index contributed by atoms with van der Waals surface area (Å²) in [7, 11) is 0. The fourth-order valence-electron chi connectivity index (χ4n) is 3.03. The predicted molar refractivity (Wildman–Crippen MR) is 82.4 cm³/mol. The first kappa shape index (κ1) is 15.5. The van der Waals surface area contributed by atoms with E-state index in [0.717, 1.165) is 18.5 Å². The van der Waals surface area contributed by atoms with Crippen LogP contribution in [0, 0.1) is 5.41 Å². The topological polar surface area (TPSA) is 57.6 Å². The fourth-order valence-corrected chi connectivity index (χ4v) is 3.03. The third-order valence-electron chi connectivity index (χ3n) is 4.05. The Labute approximate surface area is 125 Å². The highest BCUT2D eigenvalue weighted by Crippen LogP contribution is 2.34. The Hall–Kier alpha value is -1.84. The molecule has 1 aliphatic rings. The number of nitrogens with zero attached hydrogens (tertiary/aromatic N) is 1. The summed E-state index contributed by atoms with van der Waals surface area (Å²) in [6.07, 6.45) is 2.18. The molecule has 0 spiro atoms. The van der Waals surface area contributed by atoms with Gasteiger partial charge < -0.3 is 10.0 Å².